The van der Waals surface area contributed by atoms with Crippen LogP contribution in [0.2, 0.25) is 0 Å². The highest BCUT2D eigenvalue weighted by Crippen LogP contribution is 2.37. The summed E-state index contributed by atoms with van der Waals surface area (Å²) in [6, 6.07) is 4.19. The molecular weight excluding hydrogens is 439 g/mol. The SMILES string of the molecule is O=C1CN(CCCCCS(=O)(=O)CC2(c3ccc(F)c(OCC4CC4)c3)COC2)C(=O)N1. The first-order chi connectivity index (χ1) is 15.3. The number of hydrogen-bond donors (Lipinski definition) is 1. The maximum absolute atomic E-state index is 14.2. The lowest BCUT2D eigenvalue weighted by atomic mass is 9.80. The molecule has 1 saturated carbocycles. The average Bonchev–Trinajstić information content (AvgIpc) is 3.48. The fourth-order valence-electron chi connectivity index (χ4n) is 4.08. The number of amides is 3. The molecule has 1 N–H and O–H groups in total. The number of nitrogens with zero attached hydrogens (tertiary/aromatic N) is 1. The van der Waals surface area contributed by atoms with Crippen LogP contribution in [-0.4, -0.2) is 69.7 Å². The number of imide groups is 1. The summed E-state index contributed by atoms with van der Waals surface area (Å²) in [6.07, 6.45) is 3.93. The van der Waals surface area contributed by atoms with Gasteiger partial charge in [-0.05, 0) is 49.3 Å². The first-order valence-electron chi connectivity index (χ1n) is 11.1. The molecule has 2 aliphatic heterocycles. The summed E-state index contributed by atoms with van der Waals surface area (Å²) in [5.41, 5.74) is 0.0438. The van der Waals surface area contributed by atoms with Gasteiger partial charge >= 0.3 is 6.03 Å². The normalized spacial score (nSPS) is 20.2. The van der Waals surface area contributed by atoms with Crippen LogP contribution in [0.5, 0.6) is 5.75 Å². The van der Waals surface area contributed by atoms with E-state index in [-0.39, 0.29) is 42.9 Å². The Morgan fingerprint density at radius 1 is 1.19 bits per heavy atom. The average molecular weight is 469 g/mol. The van der Waals surface area contributed by atoms with E-state index in [9.17, 15) is 22.4 Å². The van der Waals surface area contributed by atoms with Crippen molar-refractivity contribution in [3.63, 3.8) is 0 Å². The van der Waals surface area contributed by atoms with E-state index in [1.165, 1.54) is 11.0 Å². The second kappa shape index (κ2) is 9.35. The highest BCUT2D eigenvalue weighted by molar-refractivity contribution is 7.91. The highest BCUT2D eigenvalue weighted by atomic mass is 32.2. The van der Waals surface area contributed by atoms with E-state index in [1.807, 2.05) is 0 Å². The van der Waals surface area contributed by atoms with Crippen LogP contribution in [0.4, 0.5) is 9.18 Å². The van der Waals surface area contributed by atoms with Crippen molar-refractivity contribution in [3.8, 4) is 5.75 Å². The Kier molecular flexibility index (Phi) is 6.71. The molecule has 8 nitrogen and oxygen atoms in total. The zero-order valence-corrected chi connectivity index (χ0v) is 18.8. The molecule has 2 heterocycles. The molecule has 2 saturated heterocycles. The molecule has 0 atom stereocenters. The van der Waals surface area contributed by atoms with Gasteiger partial charge in [-0.25, -0.2) is 17.6 Å². The zero-order valence-electron chi connectivity index (χ0n) is 18.0. The predicted octanol–water partition coefficient (Wildman–Crippen LogP) is 2.02. The maximum atomic E-state index is 14.2. The number of carbonyl (C=O) groups excluding carboxylic acids is 2. The number of unbranched alkanes of at least 4 members (excludes halogenated alkanes) is 2. The number of benzene rings is 1. The van der Waals surface area contributed by atoms with E-state index >= 15 is 0 Å². The minimum Gasteiger partial charge on any atom is -0.490 e. The molecule has 0 spiro atoms. The fourth-order valence-corrected chi connectivity index (χ4v) is 6.04. The number of sulfone groups is 1. The van der Waals surface area contributed by atoms with Gasteiger partial charge in [0.2, 0.25) is 5.91 Å². The fraction of sp³-hybridized carbons (Fsp3) is 0.636. The summed E-state index contributed by atoms with van der Waals surface area (Å²) >= 11 is 0. The summed E-state index contributed by atoms with van der Waals surface area (Å²) < 4.78 is 50.8. The van der Waals surface area contributed by atoms with Crippen molar-refractivity contribution in [2.24, 2.45) is 5.92 Å². The summed E-state index contributed by atoms with van der Waals surface area (Å²) in [5, 5.41) is 2.22. The molecule has 10 heteroatoms. The van der Waals surface area contributed by atoms with Crippen molar-refractivity contribution in [1.82, 2.24) is 10.2 Å². The molecule has 1 aromatic carbocycles. The minimum atomic E-state index is -3.37. The summed E-state index contributed by atoms with van der Waals surface area (Å²) in [6.45, 7) is 1.52. The monoisotopic (exact) mass is 468 g/mol. The molecule has 3 aliphatic rings. The van der Waals surface area contributed by atoms with Crippen LogP contribution in [0.1, 0.15) is 37.7 Å². The number of carbonyl (C=O) groups is 2. The lowest BCUT2D eigenvalue weighted by Gasteiger charge is -2.41. The van der Waals surface area contributed by atoms with Crippen LogP contribution in [-0.2, 0) is 24.8 Å². The number of hydrogen-bond acceptors (Lipinski definition) is 6. The molecule has 3 amide bonds. The Balaban J connectivity index is 1.29. The van der Waals surface area contributed by atoms with Crippen molar-refractivity contribution in [2.45, 2.75) is 37.5 Å². The first kappa shape index (κ1) is 23.0. The quantitative estimate of drug-likeness (QED) is 0.372. The second-order valence-corrected chi connectivity index (χ2v) is 11.3. The van der Waals surface area contributed by atoms with Crippen molar-refractivity contribution >= 4 is 21.8 Å². The molecule has 4 rings (SSSR count). The molecule has 32 heavy (non-hydrogen) atoms. The van der Waals surface area contributed by atoms with Crippen molar-refractivity contribution in [1.29, 1.82) is 0 Å². The Bertz CT molecular complexity index is 975. The van der Waals surface area contributed by atoms with Crippen LogP contribution in [0.3, 0.4) is 0 Å². The van der Waals surface area contributed by atoms with Gasteiger partial charge in [0, 0.05) is 6.54 Å². The molecule has 3 fully saturated rings. The molecule has 0 aromatic heterocycles. The number of halogens is 1. The molecule has 0 radical (unpaired) electrons. The standard InChI is InChI=1S/C22H29FN2O6S/c23-18-7-6-17(10-19(18)31-12-16-4-5-16)22(13-30-14-22)15-32(28,29)9-3-1-2-8-25-11-20(26)24-21(25)27/h6-7,10,16H,1-5,8-9,11-15H2,(H,24,26,27). The van der Waals surface area contributed by atoms with Gasteiger partial charge in [0.25, 0.3) is 0 Å². The number of rotatable bonds is 12. The van der Waals surface area contributed by atoms with Crippen LogP contribution in [0.25, 0.3) is 0 Å². The van der Waals surface area contributed by atoms with Crippen LogP contribution < -0.4 is 10.1 Å². The van der Waals surface area contributed by atoms with Gasteiger partial charge in [0.15, 0.2) is 21.4 Å². The van der Waals surface area contributed by atoms with Crippen LogP contribution in [0, 0.1) is 11.7 Å². The van der Waals surface area contributed by atoms with Crippen LogP contribution in [0.15, 0.2) is 18.2 Å². The predicted molar refractivity (Wildman–Crippen MR) is 115 cm³/mol. The zero-order chi connectivity index (χ0) is 22.8. The lowest BCUT2D eigenvalue weighted by Crippen LogP contribution is -2.52. The van der Waals surface area contributed by atoms with E-state index in [0.29, 0.717) is 38.3 Å². The van der Waals surface area contributed by atoms with Gasteiger partial charge in [-0.2, -0.15) is 0 Å². The first-order valence-corrected chi connectivity index (χ1v) is 12.9. The second-order valence-electron chi connectivity index (χ2n) is 9.10. The van der Waals surface area contributed by atoms with E-state index in [2.05, 4.69) is 5.32 Å². The van der Waals surface area contributed by atoms with Crippen molar-refractivity contribution in [2.75, 3.05) is 44.4 Å². The van der Waals surface area contributed by atoms with E-state index in [0.717, 1.165) is 18.4 Å². The van der Waals surface area contributed by atoms with E-state index < -0.39 is 27.1 Å². The molecule has 0 unspecified atom stereocenters. The molecule has 0 bridgehead atoms. The summed E-state index contributed by atoms with van der Waals surface area (Å²) in [4.78, 5) is 24.1. The topological polar surface area (TPSA) is 102 Å². The summed E-state index contributed by atoms with van der Waals surface area (Å²) in [5.74, 6) is -0.126. The molecule has 1 aromatic rings. The smallest absolute Gasteiger partial charge is 0.324 e. The third kappa shape index (κ3) is 5.58. The Labute approximate surface area is 187 Å². The summed E-state index contributed by atoms with van der Waals surface area (Å²) in [7, 11) is -3.37. The Morgan fingerprint density at radius 2 is 1.97 bits per heavy atom. The molecule has 176 valence electrons. The van der Waals surface area contributed by atoms with Crippen molar-refractivity contribution in [3.05, 3.63) is 29.6 Å². The minimum absolute atomic E-state index is 0.0338. The van der Waals surface area contributed by atoms with E-state index in [4.69, 9.17) is 9.47 Å². The van der Waals surface area contributed by atoms with Gasteiger partial charge in [-0.15, -0.1) is 0 Å². The van der Waals surface area contributed by atoms with Crippen molar-refractivity contribution < 1.29 is 31.9 Å². The number of urea groups is 1. The van der Waals surface area contributed by atoms with Gasteiger partial charge in [0.1, 0.15) is 6.54 Å². The van der Waals surface area contributed by atoms with Gasteiger partial charge in [-0.3, -0.25) is 10.1 Å². The van der Waals surface area contributed by atoms with E-state index in [1.54, 1.807) is 12.1 Å². The van der Waals surface area contributed by atoms with Gasteiger partial charge in [-0.1, -0.05) is 12.5 Å². The third-order valence-corrected chi connectivity index (χ3v) is 8.12. The Morgan fingerprint density at radius 3 is 2.59 bits per heavy atom. The largest absolute Gasteiger partial charge is 0.490 e. The molecule has 1 aliphatic carbocycles. The molecular formula is C22H29FN2O6S. The number of ether oxygens (including phenoxy) is 2. The third-order valence-electron chi connectivity index (χ3n) is 6.22. The highest BCUT2D eigenvalue weighted by Gasteiger charge is 2.44. The van der Waals surface area contributed by atoms with Gasteiger partial charge in [0.05, 0.1) is 36.7 Å². The van der Waals surface area contributed by atoms with Gasteiger partial charge < -0.3 is 14.4 Å². The Hall–Kier alpha value is -2.20. The number of nitrogens with one attached hydrogen (secondary N) is 1. The lowest BCUT2D eigenvalue weighted by molar-refractivity contribution is -0.118. The van der Waals surface area contributed by atoms with Crippen LogP contribution >= 0.6 is 0 Å². The maximum Gasteiger partial charge on any atom is 0.324 e.